The van der Waals surface area contributed by atoms with Gasteiger partial charge < -0.3 is 20.5 Å². The first kappa shape index (κ1) is 15.4. The molecule has 0 amide bonds. The lowest BCUT2D eigenvalue weighted by atomic mass is 10.2. The number of aromatic nitrogens is 3. The Hall–Kier alpha value is -2.45. The van der Waals surface area contributed by atoms with Gasteiger partial charge in [0.25, 0.3) is 0 Å². The van der Waals surface area contributed by atoms with Crippen molar-refractivity contribution in [3.8, 4) is 0 Å². The van der Waals surface area contributed by atoms with Crippen molar-refractivity contribution in [1.29, 1.82) is 0 Å². The van der Waals surface area contributed by atoms with E-state index in [2.05, 4.69) is 20.6 Å². The average Bonchev–Trinajstić information content (AvgIpc) is 3.22. The number of nitrogens with two attached hydrogens (primary N) is 1. The van der Waals surface area contributed by atoms with Gasteiger partial charge in [-0.3, -0.25) is 0 Å². The summed E-state index contributed by atoms with van der Waals surface area (Å²) in [6.45, 7) is 1.50. The molecule has 1 aliphatic heterocycles. The molecule has 3 rings (SSSR count). The van der Waals surface area contributed by atoms with E-state index >= 15 is 0 Å². The Morgan fingerprint density at radius 2 is 2.26 bits per heavy atom. The summed E-state index contributed by atoms with van der Waals surface area (Å²) >= 11 is 0. The average molecular weight is 316 g/mol. The maximum Gasteiger partial charge on any atom is 0.193 e. The summed E-state index contributed by atoms with van der Waals surface area (Å²) in [6, 6.07) is 9.68. The summed E-state index contributed by atoms with van der Waals surface area (Å²) in [5.74, 6) is 0.338. The normalized spacial score (nSPS) is 21.5. The van der Waals surface area contributed by atoms with Crippen LogP contribution in [0.3, 0.4) is 0 Å². The third-order valence-corrected chi connectivity index (χ3v) is 3.66. The molecule has 8 nitrogen and oxygen atoms in total. The number of ether oxygens (including phenoxy) is 2. The smallest absolute Gasteiger partial charge is 0.193 e. The number of hydrogen-bond acceptors (Lipinski definition) is 5. The Kier molecular flexibility index (Phi) is 4.84. The van der Waals surface area contributed by atoms with E-state index in [0.29, 0.717) is 25.7 Å². The molecule has 0 radical (unpaired) electrons. The van der Waals surface area contributed by atoms with Crippen molar-refractivity contribution >= 4 is 11.6 Å². The molecule has 1 aromatic heterocycles. The number of rotatable bonds is 5. The fourth-order valence-electron chi connectivity index (χ4n) is 2.42. The first-order valence-corrected chi connectivity index (χ1v) is 7.39. The number of methoxy groups -OCH3 is 1. The second-order valence-corrected chi connectivity index (χ2v) is 5.26. The van der Waals surface area contributed by atoms with Crippen molar-refractivity contribution in [2.75, 3.05) is 25.6 Å². The maximum absolute atomic E-state index is 5.87. The fraction of sp³-hybridized carbons (Fsp3) is 0.400. The topological polar surface area (TPSA) is 99.6 Å². The lowest BCUT2D eigenvalue weighted by Crippen LogP contribution is -2.24. The minimum Gasteiger partial charge on any atom is -0.377 e. The second kappa shape index (κ2) is 7.21. The van der Waals surface area contributed by atoms with Crippen molar-refractivity contribution in [3.05, 3.63) is 42.2 Å². The van der Waals surface area contributed by atoms with E-state index in [1.165, 1.54) is 0 Å². The molecule has 0 bridgehead atoms. The molecule has 3 N–H and O–H groups in total. The molecule has 1 saturated heterocycles. The lowest BCUT2D eigenvalue weighted by molar-refractivity contribution is 0.0661. The van der Waals surface area contributed by atoms with Crippen LogP contribution in [0.25, 0.3) is 0 Å². The SMILES string of the molecule is CO[C@@H]1COC[C@H]1n1cc(CN=C(N)Nc2ccccc2)nn1. The second-order valence-electron chi connectivity index (χ2n) is 5.26. The Morgan fingerprint density at radius 1 is 1.43 bits per heavy atom. The van der Waals surface area contributed by atoms with Crippen LogP contribution in [-0.4, -0.2) is 47.4 Å². The van der Waals surface area contributed by atoms with Crippen LogP contribution in [0.15, 0.2) is 41.5 Å². The van der Waals surface area contributed by atoms with E-state index in [9.17, 15) is 0 Å². The van der Waals surface area contributed by atoms with Gasteiger partial charge in [-0.25, -0.2) is 9.67 Å². The minimum atomic E-state index is -0.00197. The molecule has 1 aliphatic rings. The van der Waals surface area contributed by atoms with E-state index in [1.54, 1.807) is 11.8 Å². The molecular formula is C15H20N6O2. The summed E-state index contributed by atoms with van der Waals surface area (Å²) in [6.07, 6.45) is 1.85. The molecule has 122 valence electrons. The summed E-state index contributed by atoms with van der Waals surface area (Å²) in [4.78, 5) is 4.27. The van der Waals surface area contributed by atoms with Crippen LogP contribution < -0.4 is 11.1 Å². The van der Waals surface area contributed by atoms with Crippen molar-refractivity contribution in [2.24, 2.45) is 10.7 Å². The van der Waals surface area contributed by atoms with Crippen LogP contribution in [0.2, 0.25) is 0 Å². The minimum absolute atomic E-state index is 0.00197. The van der Waals surface area contributed by atoms with E-state index in [0.717, 1.165) is 11.4 Å². The standard InChI is InChI=1S/C15H20N6O2/c1-22-14-10-23-9-13(14)21-8-12(19-20-21)7-17-15(16)18-11-5-3-2-4-6-11/h2-6,8,13-14H,7,9-10H2,1H3,(H3,16,17,18)/t13-,14-/m1/s1. The zero-order chi connectivity index (χ0) is 16.1. The summed E-state index contributed by atoms with van der Waals surface area (Å²) in [5.41, 5.74) is 7.50. The third kappa shape index (κ3) is 3.85. The molecule has 0 aliphatic carbocycles. The van der Waals surface area contributed by atoms with E-state index in [-0.39, 0.29) is 12.1 Å². The quantitative estimate of drug-likeness (QED) is 0.625. The molecule has 0 spiro atoms. The van der Waals surface area contributed by atoms with Gasteiger partial charge in [-0.1, -0.05) is 23.4 Å². The van der Waals surface area contributed by atoms with Crippen LogP contribution in [0, 0.1) is 0 Å². The number of benzene rings is 1. The largest absolute Gasteiger partial charge is 0.377 e. The number of aliphatic imine (C=N–C) groups is 1. The number of para-hydroxylation sites is 1. The van der Waals surface area contributed by atoms with Crippen molar-refractivity contribution < 1.29 is 9.47 Å². The molecule has 0 unspecified atom stereocenters. The fourth-order valence-corrected chi connectivity index (χ4v) is 2.42. The number of guanidine groups is 1. The van der Waals surface area contributed by atoms with Crippen molar-refractivity contribution in [1.82, 2.24) is 15.0 Å². The summed E-state index contributed by atoms with van der Waals surface area (Å²) in [5, 5.41) is 11.3. The Balaban J connectivity index is 1.59. The summed E-state index contributed by atoms with van der Waals surface area (Å²) < 4.78 is 12.6. The van der Waals surface area contributed by atoms with Gasteiger partial charge in [0.1, 0.15) is 17.8 Å². The van der Waals surface area contributed by atoms with Gasteiger partial charge >= 0.3 is 0 Å². The zero-order valence-electron chi connectivity index (χ0n) is 12.9. The highest BCUT2D eigenvalue weighted by atomic mass is 16.5. The Labute approximate surface area is 134 Å². The monoisotopic (exact) mass is 316 g/mol. The van der Waals surface area contributed by atoms with Gasteiger partial charge in [0.05, 0.1) is 26.0 Å². The van der Waals surface area contributed by atoms with Crippen LogP contribution in [0.4, 0.5) is 5.69 Å². The summed E-state index contributed by atoms with van der Waals surface area (Å²) in [7, 11) is 1.67. The van der Waals surface area contributed by atoms with Crippen LogP contribution in [0.5, 0.6) is 0 Å². The molecule has 2 atom stereocenters. The molecule has 1 fully saturated rings. The van der Waals surface area contributed by atoms with Crippen LogP contribution in [0.1, 0.15) is 11.7 Å². The maximum atomic E-state index is 5.87. The van der Waals surface area contributed by atoms with Gasteiger partial charge in [0, 0.05) is 12.8 Å². The lowest BCUT2D eigenvalue weighted by Gasteiger charge is -2.15. The molecule has 23 heavy (non-hydrogen) atoms. The van der Waals surface area contributed by atoms with Crippen molar-refractivity contribution in [3.63, 3.8) is 0 Å². The first-order valence-electron chi connectivity index (χ1n) is 7.39. The van der Waals surface area contributed by atoms with Gasteiger partial charge in [-0.2, -0.15) is 0 Å². The predicted molar refractivity (Wildman–Crippen MR) is 86.1 cm³/mol. The highest BCUT2D eigenvalue weighted by Gasteiger charge is 2.30. The van der Waals surface area contributed by atoms with Crippen LogP contribution in [-0.2, 0) is 16.0 Å². The number of anilines is 1. The third-order valence-electron chi connectivity index (χ3n) is 3.66. The first-order chi connectivity index (χ1) is 11.3. The number of hydrogen-bond donors (Lipinski definition) is 2. The highest BCUT2D eigenvalue weighted by Crippen LogP contribution is 2.21. The van der Waals surface area contributed by atoms with Gasteiger partial charge in [0.2, 0.25) is 0 Å². The molecule has 0 saturated carbocycles. The predicted octanol–water partition coefficient (Wildman–Crippen LogP) is 0.791. The number of nitrogens with one attached hydrogen (secondary N) is 1. The van der Waals surface area contributed by atoms with Crippen LogP contribution >= 0.6 is 0 Å². The van der Waals surface area contributed by atoms with E-state index in [1.807, 2.05) is 36.5 Å². The van der Waals surface area contributed by atoms with Gasteiger partial charge in [-0.05, 0) is 12.1 Å². The Morgan fingerprint density at radius 3 is 3.04 bits per heavy atom. The number of nitrogens with zero attached hydrogens (tertiary/aromatic N) is 4. The molecule has 1 aromatic carbocycles. The van der Waals surface area contributed by atoms with Gasteiger partial charge in [-0.15, -0.1) is 5.10 Å². The molecular weight excluding hydrogens is 296 g/mol. The Bertz CT molecular complexity index is 657. The molecule has 8 heteroatoms. The zero-order valence-corrected chi connectivity index (χ0v) is 12.9. The van der Waals surface area contributed by atoms with E-state index in [4.69, 9.17) is 15.2 Å². The van der Waals surface area contributed by atoms with Gasteiger partial charge in [0.15, 0.2) is 5.96 Å². The molecule has 2 aromatic rings. The van der Waals surface area contributed by atoms with Crippen molar-refractivity contribution in [2.45, 2.75) is 18.7 Å². The molecule has 2 heterocycles. The highest BCUT2D eigenvalue weighted by molar-refractivity contribution is 5.92. The van der Waals surface area contributed by atoms with E-state index < -0.39 is 0 Å².